The molecule has 2 amide bonds. The zero-order valence-electron chi connectivity index (χ0n) is 15.8. The fourth-order valence-electron chi connectivity index (χ4n) is 2.16. The number of carbonyl (C=O) groups excluding carboxylic acids is 2. The van der Waals surface area contributed by atoms with Gasteiger partial charge in [0, 0.05) is 35.5 Å². The van der Waals surface area contributed by atoms with Gasteiger partial charge in [0.1, 0.15) is 0 Å². The van der Waals surface area contributed by atoms with Gasteiger partial charge in [-0.15, -0.1) is 0 Å². The number of nitro benzene ring substituents is 1. The summed E-state index contributed by atoms with van der Waals surface area (Å²) in [4.78, 5) is 33.9. The summed E-state index contributed by atoms with van der Waals surface area (Å²) >= 11 is 5.12. The number of anilines is 2. The van der Waals surface area contributed by atoms with Crippen molar-refractivity contribution in [1.29, 1.82) is 0 Å². The number of nitro groups is 1. The Morgan fingerprint density at radius 1 is 1.07 bits per heavy atom. The molecule has 29 heavy (non-hydrogen) atoms. The van der Waals surface area contributed by atoms with Crippen LogP contribution in [-0.2, 0) is 9.59 Å². The van der Waals surface area contributed by atoms with Crippen LogP contribution in [0.2, 0.25) is 0 Å². The summed E-state index contributed by atoms with van der Waals surface area (Å²) in [6, 6.07) is 12.7. The third kappa shape index (κ3) is 7.15. The van der Waals surface area contributed by atoms with Crippen molar-refractivity contribution in [3.63, 3.8) is 0 Å². The average Bonchev–Trinajstić information content (AvgIpc) is 2.66. The van der Waals surface area contributed by atoms with Gasteiger partial charge in [0.15, 0.2) is 5.11 Å². The SMILES string of the molecule is CC(C)C(=O)Nc1cccc(NC(=S)NC(=O)/C=C/c2ccc([N+](=O)[O-])cc2)c1. The van der Waals surface area contributed by atoms with Crippen molar-refractivity contribution in [2.45, 2.75) is 13.8 Å². The molecule has 0 atom stereocenters. The first kappa shape index (κ1) is 21.7. The Bertz CT molecular complexity index is 955. The van der Waals surface area contributed by atoms with Crippen molar-refractivity contribution in [3.8, 4) is 0 Å². The Hall–Kier alpha value is -3.59. The Kier molecular flexibility index (Phi) is 7.55. The van der Waals surface area contributed by atoms with Gasteiger partial charge in [-0.3, -0.25) is 25.0 Å². The van der Waals surface area contributed by atoms with Crippen molar-refractivity contribution in [3.05, 3.63) is 70.3 Å². The second-order valence-electron chi connectivity index (χ2n) is 6.35. The van der Waals surface area contributed by atoms with E-state index < -0.39 is 10.8 Å². The van der Waals surface area contributed by atoms with Crippen molar-refractivity contribution in [2.24, 2.45) is 5.92 Å². The molecular weight excluding hydrogens is 392 g/mol. The second kappa shape index (κ2) is 10.1. The standard InChI is InChI=1S/C20H20N4O4S/c1-13(2)19(26)21-15-4-3-5-16(12-15)22-20(29)23-18(25)11-8-14-6-9-17(10-7-14)24(27)28/h3-13H,1-2H3,(H,21,26)(H2,22,23,25,29)/b11-8+. The number of carbonyl (C=O) groups is 2. The topological polar surface area (TPSA) is 113 Å². The number of nitrogens with one attached hydrogen (secondary N) is 3. The maximum Gasteiger partial charge on any atom is 0.269 e. The molecule has 150 valence electrons. The minimum atomic E-state index is -0.492. The van der Waals surface area contributed by atoms with E-state index in [0.717, 1.165) is 0 Å². The number of rotatable bonds is 6. The van der Waals surface area contributed by atoms with Gasteiger partial charge in [0.2, 0.25) is 11.8 Å². The minimum Gasteiger partial charge on any atom is -0.332 e. The Labute approximate surface area is 173 Å². The van der Waals surface area contributed by atoms with Gasteiger partial charge in [0.25, 0.3) is 5.69 Å². The summed E-state index contributed by atoms with van der Waals surface area (Å²) in [6.07, 6.45) is 2.79. The summed E-state index contributed by atoms with van der Waals surface area (Å²) in [7, 11) is 0. The van der Waals surface area contributed by atoms with E-state index in [1.807, 2.05) is 0 Å². The van der Waals surface area contributed by atoms with Crippen LogP contribution in [0.5, 0.6) is 0 Å². The third-order valence-electron chi connectivity index (χ3n) is 3.68. The van der Waals surface area contributed by atoms with Crippen molar-refractivity contribution in [2.75, 3.05) is 10.6 Å². The lowest BCUT2D eigenvalue weighted by atomic mass is 10.2. The van der Waals surface area contributed by atoms with Crippen LogP contribution in [0.3, 0.4) is 0 Å². The number of non-ortho nitro benzene ring substituents is 1. The molecule has 0 unspecified atom stereocenters. The molecule has 0 radical (unpaired) electrons. The quantitative estimate of drug-likeness (QED) is 0.288. The molecule has 0 saturated heterocycles. The molecule has 2 aromatic carbocycles. The van der Waals surface area contributed by atoms with E-state index in [1.165, 1.54) is 36.4 Å². The number of hydrogen-bond donors (Lipinski definition) is 3. The molecule has 9 heteroatoms. The molecule has 8 nitrogen and oxygen atoms in total. The first-order valence-electron chi connectivity index (χ1n) is 8.70. The highest BCUT2D eigenvalue weighted by molar-refractivity contribution is 7.80. The van der Waals surface area contributed by atoms with Gasteiger partial charge in [-0.2, -0.15) is 0 Å². The van der Waals surface area contributed by atoms with Gasteiger partial charge in [-0.1, -0.05) is 19.9 Å². The second-order valence-corrected chi connectivity index (χ2v) is 6.76. The highest BCUT2D eigenvalue weighted by atomic mass is 32.1. The van der Waals surface area contributed by atoms with Crippen LogP contribution in [0.4, 0.5) is 17.1 Å². The zero-order chi connectivity index (χ0) is 21.4. The lowest BCUT2D eigenvalue weighted by Gasteiger charge is -2.11. The van der Waals surface area contributed by atoms with Crippen LogP contribution in [0.15, 0.2) is 54.6 Å². The molecule has 0 spiro atoms. The first-order chi connectivity index (χ1) is 13.7. The average molecular weight is 412 g/mol. The van der Waals surface area contributed by atoms with E-state index in [9.17, 15) is 19.7 Å². The minimum absolute atomic E-state index is 0.0243. The Balaban J connectivity index is 1.90. The van der Waals surface area contributed by atoms with Crippen molar-refractivity contribution >= 4 is 52.3 Å². The number of nitrogens with zero attached hydrogens (tertiary/aromatic N) is 1. The molecule has 2 aromatic rings. The third-order valence-corrected chi connectivity index (χ3v) is 3.88. The molecule has 0 bridgehead atoms. The molecule has 0 saturated carbocycles. The first-order valence-corrected chi connectivity index (χ1v) is 9.11. The molecule has 0 fully saturated rings. The summed E-state index contributed by atoms with van der Waals surface area (Å²) in [6.45, 7) is 3.60. The fourth-order valence-corrected chi connectivity index (χ4v) is 2.37. The van der Waals surface area contributed by atoms with Crippen LogP contribution in [-0.4, -0.2) is 21.9 Å². The number of hydrogen-bond acceptors (Lipinski definition) is 5. The fraction of sp³-hybridized carbons (Fsp3) is 0.150. The number of thiocarbonyl (C=S) groups is 1. The van der Waals surface area contributed by atoms with Crippen LogP contribution in [0, 0.1) is 16.0 Å². The van der Waals surface area contributed by atoms with Gasteiger partial charge in [0.05, 0.1) is 4.92 Å². The largest absolute Gasteiger partial charge is 0.332 e. The highest BCUT2D eigenvalue weighted by Crippen LogP contribution is 2.16. The summed E-state index contributed by atoms with van der Waals surface area (Å²) in [5.41, 5.74) is 1.83. The van der Waals surface area contributed by atoms with Crippen LogP contribution in [0.1, 0.15) is 19.4 Å². The molecule has 3 N–H and O–H groups in total. The normalized spacial score (nSPS) is 10.6. The Morgan fingerprint density at radius 2 is 1.69 bits per heavy atom. The maximum absolute atomic E-state index is 12.0. The van der Waals surface area contributed by atoms with Gasteiger partial charge in [-0.25, -0.2) is 0 Å². The van der Waals surface area contributed by atoms with Gasteiger partial charge >= 0.3 is 0 Å². The molecule has 0 aliphatic heterocycles. The van der Waals surface area contributed by atoms with E-state index in [-0.39, 0.29) is 22.6 Å². The van der Waals surface area contributed by atoms with E-state index in [1.54, 1.807) is 38.1 Å². The van der Waals surface area contributed by atoms with E-state index in [0.29, 0.717) is 16.9 Å². The predicted octanol–water partition coefficient (Wildman–Crippen LogP) is 3.72. The zero-order valence-corrected chi connectivity index (χ0v) is 16.7. The van der Waals surface area contributed by atoms with E-state index in [2.05, 4.69) is 16.0 Å². The number of benzene rings is 2. The molecule has 0 aliphatic rings. The maximum atomic E-state index is 12.0. The van der Waals surface area contributed by atoms with Crippen molar-refractivity contribution in [1.82, 2.24) is 5.32 Å². The molecular formula is C20H20N4O4S. The number of amides is 2. The summed E-state index contributed by atoms with van der Waals surface area (Å²) < 4.78 is 0. The lowest BCUT2D eigenvalue weighted by Crippen LogP contribution is -2.32. The summed E-state index contributed by atoms with van der Waals surface area (Å²) in [5.74, 6) is -0.700. The van der Waals surface area contributed by atoms with Gasteiger partial charge in [-0.05, 0) is 54.2 Å². The molecule has 0 aromatic heterocycles. The Morgan fingerprint density at radius 3 is 2.28 bits per heavy atom. The molecule has 2 rings (SSSR count). The monoisotopic (exact) mass is 412 g/mol. The molecule has 0 heterocycles. The predicted molar refractivity (Wildman–Crippen MR) is 116 cm³/mol. The molecule has 0 aliphatic carbocycles. The van der Waals surface area contributed by atoms with Crippen molar-refractivity contribution < 1.29 is 14.5 Å². The highest BCUT2D eigenvalue weighted by Gasteiger charge is 2.08. The van der Waals surface area contributed by atoms with E-state index >= 15 is 0 Å². The summed E-state index contributed by atoms with van der Waals surface area (Å²) in [5, 5.41) is 18.9. The van der Waals surface area contributed by atoms with Crippen LogP contribution < -0.4 is 16.0 Å². The van der Waals surface area contributed by atoms with Gasteiger partial charge < -0.3 is 10.6 Å². The van der Waals surface area contributed by atoms with E-state index in [4.69, 9.17) is 12.2 Å². The van der Waals surface area contributed by atoms with Crippen LogP contribution in [0.25, 0.3) is 6.08 Å². The smallest absolute Gasteiger partial charge is 0.269 e. The van der Waals surface area contributed by atoms with Crippen LogP contribution >= 0.6 is 12.2 Å². The lowest BCUT2D eigenvalue weighted by molar-refractivity contribution is -0.384.